The third kappa shape index (κ3) is 4.61. The molecule has 0 unspecified atom stereocenters. The highest BCUT2D eigenvalue weighted by Crippen LogP contribution is 2.30. The topological polar surface area (TPSA) is 67.4 Å². The lowest BCUT2D eigenvalue weighted by Gasteiger charge is -2.31. The molecule has 2 amide bonds. The quantitative estimate of drug-likeness (QED) is 0.671. The van der Waals surface area contributed by atoms with Crippen molar-refractivity contribution in [2.75, 3.05) is 18.4 Å². The van der Waals surface area contributed by atoms with Crippen molar-refractivity contribution in [1.82, 2.24) is 14.9 Å². The summed E-state index contributed by atoms with van der Waals surface area (Å²) < 4.78 is 43.8. The number of benzene rings is 2. The van der Waals surface area contributed by atoms with E-state index in [2.05, 4.69) is 15.3 Å². The first-order valence-electron chi connectivity index (χ1n) is 9.50. The number of alkyl halides is 3. The van der Waals surface area contributed by atoms with E-state index in [1.165, 1.54) is 12.1 Å². The van der Waals surface area contributed by atoms with Crippen LogP contribution in [0.3, 0.4) is 0 Å². The number of likely N-dealkylation sites (tertiary alicyclic amines) is 1. The molecule has 0 atom stereocenters. The van der Waals surface area contributed by atoms with Crippen molar-refractivity contribution in [2.24, 2.45) is 0 Å². The third-order valence-corrected chi connectivity index (χ3v) is 4.91. The lowest BCUT2D eigenvalue weighted by atomic mass is 10.1. The van der Waals surface area contributed by atoms with Gasteiger partial charge >= 0.3 is 12.2 Å². The lowest BCUT2D eigenvalue weighted by Crippen LogP contribution is -2.43. The SMILES string of the molecule is O=C(Nc1ccc(C(F)(F)F)cc1)N1CCC(Oc2cnc3ccccc3n2)CC1. The number of carbonyl (C=O) groups is 1. The number of rotatable bonds is 3. The average Bonchev–Trinajstić information content (AvgIpc) is 2.74. The maximum absolute atomic E-state index is 12.6. The Kier molecular flexibility index (Phi) is 5.43. The van der Waals surface area contributed by atoms with Gasteiger partial charge in [-0.15, -0.1) is 0 Å². The maximum Gasteiger partial charge on any atom is 0.416 e. The molecule has 0 radical (unpaired) electrons. The number of fused-ring (bicyclic) bond motifs is 1. The van der Waals surface area contributed by atoms with Gasteiger partial charge in [-0.25, -0.2) is 14.8 Å². The lowest BCUT2D eigenvalue weighted by molar-refractivity contribution is -0.137. The molecule has 1 aliphatic rings. The highest BCUT2D eigenvalue weighted by Gasteiger charge is 2.30. The standard InChI is InChI=1S/C21H19F3N4O2/c22-21(23,24)14-5-7-15(8-6-14)26-20(29)28-11-9-16(10-12-28)30-19-13-25-17-3-1-2-4-18(17)27-19/h1-8,13,16H,9-12H2,(H,26,29). The van der Waals surface area contributed by atoms with E-state index < -0.39 is 11.7 Å². The van der Waals surface area contributed by atoms with Crippen molar-refractivity contribution < 1.29 is 22.7 Å². The molecule has 1 saturated heterocycles. The zero-order valence-electron chi connectivity index (χ0n) is 15.9. The molecule has 2 heterocycles. The zero-order chi connectivity index (χ0) is 21.1. The summed E-state index contributed by atoms with van der Waals surface area (Å²) in [5.74, 6) is 0.446. The Hall–Kier alpha value is -3.36. The first-order valence-corrected chi connectivity index (χ1v) is 9.50. The highest BCUT2D eigenvalue weighted by atomic mass is 19.4. The van der Waals surface area contributed by atoms with Crippen molar-refractivity contribution in [3.8, 4) is 5.88 Å². The van der Waals surface area contributed by atoms with Crippen molar-refractivity contribution in [1.29, 1.82) is 0 Å². The minimum absolute atomic E-state index is 0.0874. The first kappa shape index (κ1) is 19.9. The Morgan fingerprint density at radius 3 is 2.37 bits per heavy atom. The summed E-state index contributed by atoms with van der Waals surface area (Å²) in [5.41, 5.74) is 1.11. The summed E-state index contributed by atoms with van der Waals surface area (Å²) in [6.07, 6.45) is -1.66. The summed E-state index contributed by atoms with van der Waals surface area (Å²) in [4.78, 5) is 22.8. The number of hydrogen-bond acceptors (Lipinski definition) is 4. The predicted molar refractivity (Wildman–Crippen MR) is 105 cm³/mol. The Morgan fingerprint density at radius 2 is 1.70 bits per heavy atom. The molecule has 1 fully saturated rings. The van der Waals surface area contributed by atoms with Crippen LogP contribution in [-0.2, 0) is 6.18 Å². The van der Waals surface area contributed by atoms with Crippen molar-refractivity contribution in [3.05, 3.63) is 60.3 Å². The molecule has 2 aromatic carbocycles. The van der Waals surface area contributed by atoms with Crippen LogP contribution < -0.4 is 10.1 Å². The van der Waals surface area contributed by atoms with Gasteiger partial charge in [-0.2, -0.15) is 13.2 Å². The fourth-order valence-corrected chi connectivity index (χ4v) is 3.29. The Balaban J connectivity index is 1.29. The number of nitrogens with zero attached hydrogens (tertiary/aromatic N) is 3. The van der Waals surface area contributed by atoms with Crippen LogP contribution in [0.5, 0.6) is 5.88 Å². The van der Waals surface area contributed by atoms with E-state index in [4.69, 9.17) is 4.74 Å². The van der Waals surface area contributed by atoms with Gasteiger partial charge in [-0.05, 0) is 36.4 Å². The minimum Gasteiger partial charge on any atom is -0.473 e. The van der Waals surface area contributed by atoms with Crippen LogP contribution in [0.4, 0.5) is 23.7 Å². The number of urea groups is 1. The molecule has 0 spiro atoms. The first-order chi connectivity index (χ1) is 14.4. The number of para-hydroxylation sites is 2. The summed E-state index contributed by atoms with van der Waals surface area (Å²) in [5, 5.41) is 2.63. The Morgan fingerprint density at radius 1 is 1.03 bits per heavy atom. The number of aromatic nitrogens is 2. The van der Waals surface area contributed by atoms with Crippen molar-refractivity contribution >= 4 is 22.8 Å². The molecule has 1 aliphatic heterocycles. The van der Waals surface area contributed by atoms with Crippen LogP contribution >= 0.6 is 0 Å². The number of nitrogens with one attached hydrogen (secondary N) is 1. The van der Waals surface area contributed by atoms with Gasteiger partial charge in [-0.3, -0.25) is 0 Å². The van der Waals surface area contributed by atoms with E-state index in [-0.39, 0.29) is 12.1 Å². The monoisotopic (exact) mass is 416 g/mol. The molecule has 0 aliphatic carbocycles. The van der Waals surface area contributed by atoms with Gasteiger partial charge in [-0.1, -0.05) is 12.1 Å². The second-order valence-corrected chi connectivity index (χ2v) is 7.01. The molecule has 3 aromatic rings. The zero-order valence-corrected chi connectivity index (χ0v) is 15.9. The summed E-state index contributed by atoms with van der Waals surface area (Å²) in [7, 11) is 0. The van der Waals surface area contributed by atoms with Crippen LogP contribution in [0.15, 0.2) is 54.7 Å². The van der Waals surface area contributed by atoms with Gasteiger partial charge in [0, 0.05) is 31.6 Å². The Bertz CT molecular complexity index is 1030. The fourth-order valence-electron chi connectivity index (χ4n) is 3.29. The number of halogens is 3. The van der Waals surface area contributed by atoms with E-state index in [1.807, 2.05) is 24.3 Å². The summed E-state index contributed by atoms with van der Waals surface area (Å²) in [6, 6.07) is 11.5. The number of anilines is 1. The molecular weight excluding hydrogens is 397 g/mol. The number of hydrogen-bond donors (Lipinski definition) is 1. The van der Waals surface area contributed by atoms with E-state index in [0.717, 1.165) is 23.2 Å². The predicted octanol–water partition coefficient (Wildman–Crippen LogP) is 4.72. The molecule has 4 rings (SSSR count). The maximum atomic E-state index is 12.6. The van der Waals surface area contributed by atoms with Gasteiger partial charge < -0.3 is 15.0 Å². The molecule has 1 N–H and O–H groups in total. The van der Waals surface area contributed by atoms with Crippen molar-refractivity contribution in [3.63, 3.8) is 0 Å². The van der Waals surface area contributed by atoms with Gasteiger partial charge in [0.25, 0.3) is 0 Å². The fraction of sp³-hybridized carbons (Fsp3) is 0.286. The normalized spacial score (nSPS) is 15.2. The van der Waals surface area contributed by atoms with Crippen LogP contribution in [0.1, 0.15) is 18.4 Å². The second-order valence-electron chi connectivity index (χ2n) is 7.01. The number of ether oxygens (including phenoxy) is 1. The van der Waals surface area contributed by atoms with Crippen LogP contribution in [0, 0.1) is 0 Å². The van der Waals surface area contributed by atoms with Gasteiger partial charge in [0.1, 0.15) is 6.10 Å². The highest BCUT2D eigenvalue weighted by molar-refractivity contribution is 5.89. The Labute approximate surface area is 170 Å². The van der Waals surface area contributed by atoms with E-state index in [1.54, 1.807) is 11.1 Å². The second kappa shape index (κ2) is 8.17. The number of amides is 2. The molecule has 1 aromatic heterocycles. The molecular formula is C21H19F3N4O2. The van der Waals surface area contributed by atoms with E-state index in [9.17, 15) is 18.0 Å². The van der Waals surface area contributed by atoms with Gasteiger partial charge in [0.2, 0.25) is 5.88 Å². The molecule has 6 nitrogen and oxygen atoms in total. The number of piperidine rings is 1. The van der Waals surface area contributed by atoms with Gasteiger partial charge in [0.05, 0.1) is 22.8 Å². The summed E-state index contributed by atoms with van der Waals surface area (Å²) in [6.45, 7) is 0.941. The molecule has 9 heteroatoms. The minimum atomic E-state index is -4.40. The van der Waals surface area contributed by atoms with Crippen LogP contribution in [-0.4, -0.2) is 40.1 Å². The van der Waals surface area contributed by atoms with Gasteiger partial charge in [0.15, 0.2) is 0 Å². The smallest absolute Gasteiger partial charge is 0.416 e. The summed E-state index contributed by atoms with van der Waals surface area (Å²) >= 11 is 0. The van der Waals surface area contributed by atoms with Crippen LogP contribution in [0.2, 0.25) is 0 Å². The number of carbonyl (C=O) groups excluding carboxylic acids is 1. The third-order valence-electron chi connectivity index (χ3n) is 4.91. The molecule has 0 bridgehead atoms. The molecule has 30 heavy (non-hydrogen) atoms. The van der Waals surface area contributed by atoms with E-state index >= 15 is 0 Å². The van der Waals surface area contributed by atoms with E-state index in [0.29, 0.717) is 37.5 Å². The molecule has 0 saturated carbocycles. The largest absolute Gasteiger partial charge is 0.473 e. The molecule has 156 valence electrons. The average molecular weight is 416 g/mol. The van der Waals surface area contributed by atoms with Crippen molar-refractivity contribution in [2.45, 2.75) is 25.1 Å². The van der Waals surface area contributed by atoms with Crippen LogP contribution in [0.25, 0.3) is 11.0 Å².